The molecule has 0 aromatic heterocycles. The zero-order chi connectivity index (χ0) is 13.8. The van der Waals surface area contributed by atoms with Gasteiger partial charge < -0.3 is 9.84 Å². The van der Waals surface area contributed by atoms with Crippen molar-refractivity contribution < 1.29 is 19.4 Å². The fourth-order valence-electron chi connectivity index (χ4n) is 2.36. The lowest BCUT2D eigenvalue weighted by Crippen LogP contribution is -2.20. The maximum atomic E-state index is 11.7. The van der Waals surface area contributed by atoms with Crippen LogP contribution >= 0.6 is 11.8 Å². The van der Waals surface area contributed by atoms with Gasteiger partial charge in [0.25, 0.3) is 0 Å². The predicted octanol–water partition coefficient (Wildman–Crippen LogP) is 2.82. The van der Waals surface area contributed by atoms with Gasteiger partial charge in [-0.1, -0.05) is 18.6 Å². The second-order valence-electron chi connectivity index (χ2n) is 4.52. The molecule has 1 N–H and O–H groups in total. The maximum Gasteiger partial charge on any atom is 0.338 e. The Labute approximate surface area is 116 Å². The van der Waals surface area contributed by atoms with Crippen molar-refractivity contribution in [3.05, 3.63) is 29.8 Å². The van der Waals surface area contributed by atoms with Crippen molar-refractivity contribution in [2.24, 2.45) is 5.92 Å². The smallest absolute Gasteiger partial charge is 0.338 e. The molecule has 5 heteroatoms. The van der Waals surface area contributed by atoms with Gasteiger partial charge in [-0.05, 0) is 25.0 Å². The van der Waals surface area contributed by atoms with Crippen LogP contribution in [0.25, 0.3) is 0 Å². The first-order valence-corrected chi connectivity index (χ1v) is 7.08. The maximum absolute atomic E-state index is 11.7. The molecule has 1 aliphatic carbocycles. The first kappa shape index (κ1) is 13.9. The standard InChI is InChI=1S/C14H16O4S/c1-18-14(17)10-5-2-3-7-12(10)19-11-8-4-6-9(11)13(15)16/h2-3,5,7,9,11H,4,6,8H2,1H3,(H,15,16)/t9?,11-/m0/s1. The number of esters is 1. The van der Waals surface area contributed by atoms with Gasteiger partial charge in [0.05, 0.1) is 18.6 Å². The number of ether oxygens (including phenoxy) is 1. The summed E-state index contributed by atoms with van der Waals surface area (Å²) in [6, 6.07) is 7.17. The zero-order valence-electron chi connectivity index (χ0n) is 10.7. The van der Waals surface area contributed by atoms with Crippen LogP contribution in [0.3, 0.4) is 0 Å². The van der Waals surface area contributed by atoms with E-state index in [9.17, 15) is 14.7 Å². The normalized spacial score (nSPS) is 22.2. The van der Waals surface area contributed by atoms with E-state index in [0.29, 0.717) is 12.0 Å². The second-order valence-corrected chi connectivity index (χ2v) is 5.80. The molecule has 102 valence electrons. The molecule has 1 aromatic rings. The summed E-state index contributed by atoms with van der Waals surface area (Å²) in [5.74, 6) is -1.45. The van der Waals surface area contributed by atoms with Crippen molar-refractivity contribution in [3.63, 3.8) is 0 Å². The molecule has 1 unspecified atom stereocenters. The average Bonchev–Trinajstić information content (AvgIpc) is 2.87. The van der Waals surface area contributed by atoms with E-state index in [1.807, 2.05) is 12.1 Å². The molecular weight excluding hydrogens is 264 g/mol. The van der Waals surface area contributed by atoms with Crippen LogP contribution in [0.15, 0.2) is 29.2 Å². The van der Waals surface area contributed by atoms with Gasteiger partial charge in [-0.3, -0.25) is 4.79 Å². The fourth-order valence-corrected chi connectivity index (χ4v) is 3.82. The number of aliphatic carboxylic acids is 1. The van der Waals surface area contributed by atoms with E-state index in [0.717, 1.165) is 17.7 Å². The minimum Gasteiger partial charge on any atom is -0.481 e. The molecule has 0 amide bonds. The third kappa shape index (κ3) is 3.10. The Balaban J connectivity index is 2.19. The first-order chi connectivity index (χ1) is 9.13. The number of carbonyl (C=O) groups excluding carboxylic acids is 1. The van der Waals surface area contributed by atoms with Gasteiger partial charge in [-0.15, -0.1) is 11.8 Å². The van der Waals surface area contributed by atoms with Crippen molar-refractivity contribution in [2.75, 3.05) is 7.11 Å². The molecule has 2 atom stereocenters. The molecule has 0 aliphatic heterocycles. The van der Waals surface area contributed by atoms with E-state index in [4.69, 9.17) is 4.74 Å². The SMILES string of the molecule is COC(=O)c1ccccc1S[C@H]1CCCC1C(=O)O. The van der Waals surface area contributed by atoms with Crippen LogP contribution in [0.5, 0.6) is 0 Å². The van der Waals surface area contributed by atoms with Gasteiger partial charge in [0.2, 0.25) is 0 Å². The summed E-state index contributed by atoms with van der Waals surface area (Å²) in [5.41, 5.74) is 0.506. The number of thioether (sulfide) groups is 1. The summed E-state index contributed by atoms with van der Waals surface area (Å²) in [6.45, 7) is 0. The molecule has 2 rings (SSSR count). The Bertz CT molecular complexity index is 486. The topological polar surface area (TPSA) is 63.6 Å². The summed E-state index contributed by atoms with van der Waals surface area (Å²) in [7, 11) is 1.35. The van der Waals surface area contributed by atoms with Crippen LogP contribution in [0.4, 0.5) is 0 Å². The molecule has 0 bridgehead atoms. The summed E-state index contributed by atoms with van der Waals surface area (Å²) >= 11 is 1.48. The van der Waals surface area contributed by atoms with Crippen LogP contribution in [0.2, 0.25) is 0 Å². The number of carboxylic acids is 1. The summed E-state index contributed by atoms with van der Waals surface area (Å²) < 4.78 is 4.75. The highest BCUT2D eigenvalue weighted by atomic mass is 32.2. The highest BCUT2D eigenvalue weighted by Crippen LogP contribution is 2.40. The minimum absolute atomic E-state index is 0.0308. The van der Waals surface area contributed by atoms with E-state index in [2.05, 4.69) is 0 Å². The second kappa shape index (κ2) is 6.10. The van der Waals surface area contributed by atoms with Gasteiger partial charge in [0, 0.05) is 10.1 Å². The van der Waals surface area contributed by atoms with E-state index in [1.54, 1.807) is 12.1 Å². The molecule has 1 aliphatic rings. The Morgan fingerprint density at radius 2 is 2.05 bits per heavy atom. The summed E-state index contributed by atoms with van der Waals surface area (Å²) in [4.78, 5) is 23.6. The van der Waals surface area contributed by atoms with Gasteiger partial charge in [-0.25, -0.2) is 4.79 Å². The number of rotatable bonds is 4. The van der Waals surface area contributed by atoms with Gasteiger partial charge >= 0.3 is 11.9 Å². The monoisotopic (exact) mass is 280 g/mol. The highest BCUT2D eigenvalue weighted by molar-refractivity contribution is 8.00. The summed E-state index contributed by atoms with van der Waals surface area (Å²) in [5, 5.41) is 9.21. The fraction of sp³-hybridized carbons (Fsp3) is 0.429. The quantitative estimate of drug-likeness (QED) is 0.859. The van der Waals surface area contributed by atoms with Crippen LogP contribution in [-0.2, 0) is 9.53 Å². The Kier molecular flexibility index (Phi) is 4.47. The highest BCUT2D eigenvalue weighted by Gasteiger charge is 2.34. The molecule has 1 aromatic carbocycles. The summed E-state index contributed by atoms with van der Waals surface area (Å²) in [6.07, 6.45) is 2.51. The Hall–Kier alpha value is -1.49. The predicted molar refractivity (Wildman–Crippen MR) is 72.4 cm³/mol. The number of hydrogen-bond acceptors (Lipinski definition) is 4. The number of carbonyl (C=O) groups is 2. The minimum atomic E-state index is -0.745. The van der Waals surface area contributed by atoms with E-state index in [-0.39, 0.29) is 17.1 Å². The molecule has 19 heavy (non-hydrogen) atoms. The number of benzene rings is 1. The molecule has 0 spiro atoms. The average molecular weight is 280 g/mol. The van der Waals surface area contributed by atoms with Crippen molar-refractivity contribution in [3.8, 4) is 0 Å². The van der Waals surface area contributed by atoms with Crippen LogP contribution in [0, 0.1) is 5.92 Å². The van der Waals surface area contributed by atoms with E-state index >= 15 is 0 Å². The van der Waals surface area contributed by atoms with Crippen molar-refractivity contribution >= 4 is 23.7 Å². The van der Waals surface area contributed by atoms with E-state index in [1.165, 1.54) is 18.9 Å². The molecule has 0 radical (unpaired) electrons. The Morgan fingerprint density at radius 3 is 2.74 bits per heavy atom. The molecule has 4 nitrogen and oxygen atoms in total. The third-order valence-corrected chi connectivity index (χ3v) is 4.82. The number of hydrogen-bond donors (Lipinski definition) is 1. The molecule has 0 heterocycles. The van der Waals surface area contributed by atoms with Gasteiger partial charge in [0.1, 0.15) is 0 Å². The number of methoxy groups -OCH3 is 1. The van der Waals surface area contributed by atoms with E-state index < -0.39 is 5.97 Å². The zero-order valence-corrected chi connectivity index (χ0v) is 11.5. The van der Waals surface area contributed by atoms with Crippen LogP contribution in [-0.4, -0.2) is 29.4 Å². The molecule has 0 saturated heterocycles. The molecule has 1 fully saturated rings. The largest absolute Gasteiger partial charge is 0.481 e. The number of carboxylic acid groups (broad SMARTS) is 1. The van der Waals surface area contributed by atoms with Crippen molar-refractivity contribution in [1.82, 2.24) is 0 Å². The lowest BCUT2D eigenvalue weighted by Gasteiger charge is -2.16. The lowest BCUT2D eigenvalue weighted by molar-refractivity contribution is -0.141. The van der Waals surface area contributed by atoms with Crippen molar-refractivity contribution in [2.45, 2.75) is 29.4 Å². The third-order valence-electron chi connectivity index (χ3n) is 3.34. The van der Waals surface area contributed by atoms with Gasteiger partial charge in [0.15, 0.2) is 0 Å². The van der Waals surface area contributed by atoms with Crippen molar-refractivity contribution in [1.29, 1.82) is 0 Å². The van der Waals surface area contributed by atoms with Crippen LogP contribution in [0.1, 0.15) is 29.6 Å². The molecular formula is C14H16O4S. The first-order valence-electron chi connectivity index (χ1n) is 6.20. The van der Waals surface area contributed by atoms with Crippen LogP contribution < -0.4 is 0 Å². The molecule has 1 saturated carbocycles. The lowest BCUT2D eigenvalue weighted by atomic mass is 10.1. The Morgan fingerprint density at radius 1 is 1.32 bits per heavy atom. The van der Waals surface area contributed by atoms with Gasteiger partial charge in [-0.2, -0.15) is 0 Å².